The van der Waals surface area contributed by atoms with E-state index in [4.69, 9.17) is 0 Å². The number of rotatable bonds is 7. The Kier molecular flexibility index (Phi) is 7.79. The number of hydrogen-bond donors (Lipinski definition) is 3. The highest BCUT2D eigenvalue weighted by atomic mass is 19.1. The molecule has 0 spiro atoms. The van der Waals surface area contributed by atoms with Gasteiger partial charge in [0.15, 0.2) is 0 Å². The van der Waals surface area contributed by atoms with E-state index in [1.165, 1.54) is 18.2 Å². The molecule has 3 rings (SSSR count). The van der Waals surface area contributed by atoms with Crippen molar-refractivity contribution < 1.29 is 18.8 Å². The summed E-state index contributed by atoms with van der Waals surface area (Å²) in [5.41, 5.74) is 3.10. The predicted molar refractivity (Wildman–Crippen MR) is 130 cm³/mol. The van der Waals surface area contributed by atoms with Crippen molar-refractivity contribution in [1.82, 2.24) is 10.6 Å². The lowest BCUT2D eigenvalue weighted by Gasteiger charge is -2.19. The minimum atomic E-state index is -0.488. The van der Waals surface area contributed by atoms with Gasteiger partial charge < -0.3 is 16.0 Å². The van der Waals surface area contributed by atoms with Crippen LogP contribution in [0.1, 0.15) is 52.6 Å². The third-order valence-electron chi connectivity index (χ3n) is 5.18. The van der Waals surface area contributed by atoms with Crippen LogP contribution in [0.15, 0.2) is 72.8 Å². The summed E-state index contributed by atoms with van der Waals surface area (Å²) < 4.78 is 13.3. The zero-order valence-electron chi connectivity index (χ0n) is 19.4. The molecule has 0 heterocycles. The molecular formula is C27H28FN3O3. The monoisotopic (exact) mass is 461 g/mol. The number of benzene rings is 3. The van der Waals surface area contributed by atoms with Crippen molar-refractivity contribution in [2.24, 2.45) is 0 Å². The molecule has 0 aliphatic heterocycles. The number of hydrogen-bond acceptors (Lipinski definition) is 3. The molecule has 0 aromatic heterocycles. The highest BCUT2D eigenvalue weighted by molar-refractivity contribution is 6.04. The molecule has 34 heavy (non-hydrogen) atoms. The third-order valence-corrected chi connectivity index (χ3v) is 5.18. The Hall–Kier alpha value is -4.00. The second kappa shape index (κ2) is 10.7. The smallest absolute Gasteiger partial charge is 0.255 e. The minimum Gasteiger partial charge on any atom is -0.350 e. The van der Waals surface area contributed by atoms with Gasteiger partial charge in [0.1, 0.15) is 5.82 Å². The number of amides is 3. The lowest BCUT2D eigenvalue weighted by atomic mass is 9.87. The fourth-order valence-electron chi connectivity index (χ4n) is 3.24. The average molecular weight is 462 g/mol. The normalized spacial score (nSPS) is 10.9. The molecule has 0 bridgehead atoms. The van der Waals surface area contributed by atoms with E-state index >= 15 is 0 Å². The van der Waals surface area contributed by atoms with Gasteiger partial charge in [-0.15, -0.1) is 0 Å². The van der Waals surface area contributed by atoms with E-state index in [1.807, 2.05) is 12.1 Å². The summed E-state index contributed by atoms with van der Waals surface area (Å²) in [6.45, 7) is 6.36. The van der Waals surface area contributed by atoms with Gasteiger partial charge >= 0.3 is 0 Å². The maximum atomic E-state index is 13.3. The Bertz CT molecular complexity index is 1180. The summed E-state index contributed by atoms with van der Waals surface area (Å²) in [6, 6.07) is 19.7. The Morgan fingerprint density at radius 3 is 2.18 bits per heavy atom. The molecule has 0 atom stereocenters. The van der Waals surface area contributed by atoms with Gasteiger partial charge in [-0.2, -0.15) is 0 Å². The van der Waals surface area contributed by atoms with E-state index in [0.717, 1.165) is 17.2 Å². The van der Waals surface area contributed by atoms with Gasteiger partial charge in [-0.1, -0.05) is 51.1 Å². The van der Waals surface area contributed by atoms with Crippen LogP contribution in [0.4, 0.5) is 10.1 Å². The van der Waals surface area contributed by atoms with Crippen LogP contribution < -0.4 is 16.0 Å². The average Bonchev–Trinajstić information content (AvgIpc) is 2.81. The van der Waals surface area contributed by atoms with Gasteiger partial charge in [0, 0.05) is 23.4 Å². The molecule has 3 amide bonds. The summed E-state index contributed by atoms with van der Waals surface area (Å²) >= 11 is 0. The van der Waals surface area contributed by atoms with Crippen LogP contribution in [0.25, 0.3) is 0 Å². The van der Waals surface area contributed by atoms with Crippen LogP contribution >= 0.6 is 0 Å². The van der Waals surface area contributed by atoms with Crippen molar-refractivity contribution in [3.63, 3.8) is 0 Å². The van der Waals surface area contributed by atoms with Crippen LogP contribution in [-0.4, -0.2) is 24.3 Å². The number of carbonyl (C=O) groups excluding carboxylic acids is 3. The summed E-state index contributed by atoms with van der Waals surface area (Å²) in [7, 11) is 0. The second-order valence-corrected chi connectivity index (χ2v) is 8.95. The van der Waals surface area contributed by atoms with Gasteiger partial charge in [0.05, 0.1) is 6.54 Å². The molecule has 176 valence electrons. The zero-order chi connectivity index (χ0) is 24.7. The molecule has 0 saturated carbocycles. The van der Waals surface area contributed by atoms with E-state index in [0.29, 0.717) is 11.3 Å². The fraction of sp³-hybridized carbons (Fsp3) is 0.222. The Morgan fingerprint density at radius 2 is 1.50 bits per heavy atom. The molecule has 7 heteroatoms. The van der Waals surface area contributed by atoms with Crippen molar-refractivity contribution in [3.8, 4) is 0 Å². The van der Waals surface area contributed by atoms with Crippen LogP contribution in [0.2, 0.25) is 0 Å². The number of halogens is 1. The largest absolute Gasteiger partial charge is 0.350 e. The molecule has 0 fully saturated rings. The van der Waals surface area contributed by atoms with E-state index in [9.17, 15) is 18.8 Å². The Labute approximate surface area is 198 Å². The molecular weight excluding hydrogens is 433 g/mol. The van der Waals surface area contributed by atoms with Crippen molar-refractivity contribution in [2.75, 3.05) is 11.9 Å². The first-order chi connectivity index (χ1) is 16.1. The molecule has 3 aromatic rings. The summed E-state index contributed by atoms with van der Waals surface area (Å²) in [5, 5.41) is 8.06. The van der Waals surface area contributed by atoms with Crippen LogP contribution in [0.3, 0.4) is 0 Å². The molecule has 6 nitrogen and oxygen atoms in total. The summed E-state index contributed by atoms with van der Waals surface area (Å²) in [5.74, 6) is -1.58. The Balaban J connectivity index is 1.48. The van der Waals surface area contributed by atoms with Crippen LogP contribution in [-0.2, 0) is 16.8 Å². The maximum Gasteiger partial charge on any atom is 0.255 e. The highest BCUT2D eigenvalue weighted by Gasteiger charge is 2.15. The maximum absolute atomic E-state index is 13.3. The minimum absolute atomic E-state index is 0.00549. The third kappa shape index (κ3) is 7.00. The second-order valence-electron chi connectivity index (χ2n) is 8.95. The SMILES string of the molecule is CC(C)(C)c1ccc(C(=O)NCC(=O)NCc2cccc(NC(=O)c3cccc(F)c3)c2)cc1. The molecule has 0 aliphatic rings. The zero-order valence-corrected chi connectivity index (χ0v) is 19.4. The van der Waals surface area contributed by atoms with Gasteiger partial charge in [-0.05, 0) is 59.0 Å². The summed E-state index contributed by atoms with van der Waals surface area (Å²) in [4.78, 5) is 36.8. The predicted octanol–water partition coefficient (Wildman–Crippen LogP) is 4.42. The van der Waals surface area contributed by atoms with Crippen molar-refractivity contribution >= 4 is 23.4 Å². The van der Waals surface area contributed by atoms with Crippen molar-refractivity contribution in [2.45, 2.75) is 32.7 Å². The topological polar surface area (TPSA) is 87.3 Å². The number of nitrogens with one attached hydrogen (secondary N) is 3. The molecule has 0 aliphatic carbocycles. The lowest BCUT2D eigenvalue weighted by molar-refractivity contribution is -0.120. The Morgan fingerprint density at radius 1 is 0.794 bits per heavy atom. The molecule has 0 radical (unpaired) electrons. The first-order valence-electron chi connectivity index (χ1n) is 10.9. The fourth-order valence-corrected chi connectivity index (χ4v) is 3.24. The van der Waals surface area contributed by atoms with E-state index in [-0.39, 0.29) is 35.9 Å². The van der Waals surface area contributed by atoms with Crippen LogP contribution in [0.5, 0.6) is 0 Å². The first kappa shape index (κ1) is 24.6. The van der Waals surface area contributed by atoms with Crippen molar-refractivity contribution in [1.29, 1.82) is 0 Å². The quantitative estimate of drug-likeness (QED) is 0.487. The molecule has 0 unspecified atom stereocenters. The highest BCUT2D eigenvalue weighted by Crippen LogP contribution is 2.22. The van der Waals surface area contributed by atoms with Crippen LogP contribution in [0, 0.1) is 5.82 Å². The standard InChI is InChI=1S/C27H28FN3O3/c1-27(2,3)21-12-10-19(11-13-21)25(33)30-17-24(32)29-16-18-6-4-9-23(14-18)31-26(34)20-7-5-8-22(28)15-20/h4-15H,16-17H2,1-3H3,(H,29,32)(H,30,33)(H,31,34). The van der Waals surface area contributed by atoms with E-state index in [2.05, 4.69) is 36.7 Å². The lowest BCUT2D eigenvalue weighted by Crippen LogP contribution is -2.36. The molecule has 0 saturated heterocycles. The molecule has 3 N–H and O–H groups in total. The number of carbonyl (C=O) groups is 3. The molecule has 3 aromatic carbocycles. The van der Waals surface area contributed by atoms with Gasteiger partial charge in [0.25, 0.3) is 11.8 Å². The van der Waals surface area contributed by atoms with Gasteiger partial charge in [-0.3, -0.25) is 14.4 Å². The number of anilines is 1. The van der Waals surface area contributed by atoms with E-state index in [1.54, 1.807) is 36.4 Å². The van der Waals surface area contributed by atoms with Gasteiger partial charge in [-0.25, -0.2) is 4.39 Å². The summed E-state index contributed by atoms with van der Waals surface area (Å²) in [6.07, 6.45) is 0. The van der Waals surface area contributed by atoms with Crippen molar-refractivity contribution in [3.05, 3.63) is 101 Å². The first-order valence-corrected chi connectivity index (χ1v) is 10.9. The van der Waals surface area contributed by atoms with Gasteiger partial charge in [0.2, 0.25) is 5.91 Å². The van der Waals surface area contributed by atoms with E-state index < -0.39 is 11.7 Å².